The molecule has 0 spiro atoms. The molecule has 1 aliphatic heterocycles. The number of carbonyl (C=O) groups excluding carboxylic acids is 3. The normalized spacial score (nSPS) is 28.8. The number of nitrogens with zero attached hydrogens (tertiary/aromatic N) is 2. The summed E-state index contributed by atoms with van der Waals surface area (Å²) in [6.45, 7) is 3.02. The smallest absolute Gasteiger partial charge is 0.284 e. The van der Waals surface area contributed by atoms with Gasteiger partial charge in [-0.2, -0.15) is 0 Å². The minimum atomic E-state index is -0.613. The Kier molecular flexibility index (Phi) is 6.48. The summed E-state index contributed by atoms with van der Waals surface area (Å²) in [5.74, 6) is -0.943. The molecule has 0 radical (unpaired) electrons. The highest BCUT2D eigenvalue weighted by molar-refractivity contribution is 7.96. The molecule has 6 heteroatoms. The van der Waals surface area contributed by atoms with Crippen LogP contribution in [0.2, 0.25) is 0 Å². The first kappa shape index (κ1) is 20.2. The molecule has 0 N–H and O–H groups in total. The van der Waals surface area contributed by atoms with Crippen LogP contribution in [0.1, 0.15) is 63.4 Å². The lowest BCUT2D eigenvalue weighted by Crippen LogP contribution is -2.62. The fourth-order valence-electron chi connectivity index (χ4n) is 5.08. The Bertz CT molecular complexity index is 703. The van der Waals surface area contributed by atoms with E-state index in [2.05, 4.69) is 17.6 Å². The van der Waals surface area contributed by atoms with Gasteiger partial charge in [-0.1, -0.05) is 44.9 Å². The van der Waals surface area contributed by atoms with Crippen LogP contribution in [-0.2, 0) is 14.4 Å². The number of ketones is 1. The molecule has 2 heterocycles. The summed E-state index contributed by atoms with van der Waals surface area (Å²) >= 11 is 4.16. The summed E-state index contributed by atoms with van der Waals surface area (Å²) in [7, 11) is 0. The summed E-state index contributed by atoms with van der Waals surface area (Å²) in [5.41, 5.74) is 0.943. The van der Waals surface area contributed by atoms with Gasteiger partial charge in [-0.05, 0) is 30.9 Å². The van der Waals surface area contributed by atoms with E-state index in [1.807, 2.05) is 19.1 Å². The third kappa shape index (κ3) is 3.87. The molecule has 2 unspecified atom stereocenters. The molecule has 27 heavy (non-hydrogen) atoms. The number of Topliss-reactive ketones (excluding diaryl/α,β-unsaturated/α-hetero) is 1. The van der Waals surface area contributed by atoms with Crippen molar-refractivity contribution in [3.05, 3.63) is 30.1 Å². The van der Waals surface area contributed by atoms with Gasteiger partial charge < -0.3 is 0 Å². The van der Waals surface area contributed by atoms with Crippen LogP contribution in [0.5, 0.6) is 0 Å². The van der Waals surface area contributed by atoms with Crippen molar-refractivity contribution < 1.29 is 18.9 Å². The molecule has 1 saturated heterocycles. The summed E-state index contributed by atoms with van der Waals surface area (Å²) < 4.78 is -0.0618. The van der Waals surface area contributed by atoms with E-state index in [-0.39, 0.29) is 33.1 Å². The van der Waals surface area contributed by atoms with Gasteiger partial charge in [0, 0.05) is 24.7 Å². The fourth-order valence-corrected chi connectivity index (χ4v) is 5.48. The zero-order chi connectivity index (χ0) is 19.4. The molecule has 2 fully saturated rings. The number of aromatic nitrogens is 1. The van der Waals surface area contributed by atoms with Crippen LogP contribution in [0.25, 0.3) is 0 Å². The van der Waals surface area contributed by atoms with Crippen LogP contribution in [0, 0.1) is 5.92 Å². The van der Waals surface area contributed by atoms with Gasteiger partial charge in [0.25, 0.3) is 5.78 Å². The van der Waals surface area contributed by atoms with Gasteiger partial charge in [0.05, 0.1) is 19.0 Å². The number of thiol groups is 1. The Morgan fingerprint density at radius 1 is 1.19 bits per heavy atom. The fraction of sp³-hybridized carbons (Fsp3) is 0.619. The van der Waals surface area contributed by atoms with Gasteiger partial charge >= 0.3 is 5.91 Å². The molecule has 3 rings (SSSR count). The Morgan fingerprint density at radius 3 is 2.52 bits per heavy atom. The molecular formula is C21H29N2O3S+. The molecule has 1 aliphatic carbocycles. The Morgan fingerprint density at radius 2 is 1.93 bits per heavy atom. The second kappa shape index (κ2) is 8.65. The van der Waals surface area contributed by atoms with E-state index in [1.165, 1.54) is 0 Å². The third-order valence-electron chi connectivity index (χ3n) is 6.33. The van der Waals surface area contributed by atoms with Crippen molar-refractivity contribution in [1.82, 2.24) is 4.98 Å². The van der Waals surface area contributed by atoms with Crippen LogP contribution in [0.4, 0.5) is 0 Å². The van der Waals surface area contributed by atoms with Crippen LogP contribution >= 0.6 is 12.6 Å². The summed E-state index contributed by atoms with van der Waals surface area (Å²) in [6, 6.07) is 3.18. The predicted octanol–water partition coefficient (Wildman–Crippen LogP) is 3.30. The van der Waals surface area contributed by atoms with Crippen molar-refractivity contribution in [3.63, 3.8) is 0 Å². The van der Waals surface area contributed by atoms with Crippen molar-refractivity contribution in [2.24, 2.45) is 5.92 Å². The Labute approximate surface area is 166 Å². The number of likely N-dealkylation sites (tertiary alicyclic amines) is 1. The molecule has 5 nitrogen and oxygen atoms in total. The number of rotatable bonds is 6. The van der Waals surface area contributed by atoms with E-state index < -0.39 is 6.04 Å². The zero-order valence-corrected chi connectivity index (χ0v) is 16.9. The topological polar surface area (TPSA) is 64.1 Å². The van der Waals surface area contributed by atoms with Gasteiger partial charge in [-0.15, -0.1) is 0 Å². The van der Waals surface area contributed by atoms with E-state index in [4.69, 9.17) is 0 Å². The van der Waals surface area contributed by atoms with Crippen LogP contribution < -0.4 is 0 Å². The standard InChI is InChI=1S/C21H28N2O3S/c1-2-12-23(20(25)19(24)15-7-4-3-5-8-15)13-10-17(18(23)21(26)27)16-9-6-11-22-14-16/h6,9,11,14-15,17-18H,2-5,7-8,10,12-13H2,1H3/p+1/t17?,18-,23?/m0/s1. The number of carbonyl (C=O) groups is 3. The molecule has 0 aromatic carbocycles. The Balaban J connectivity index is 1.95. The Hall–Kier alpha value is -1.53. The summed E-state index contributed by atoms with van der Waals surface area (Å²) in [4.78, 5) is 43.3. The van der Waals surface area contributed by atoms with Gasteiger partial charge in [0.15, 0.2) is 6.04 Å². The molecule has 1 saturated carbocycles. The molecule has 1 aromatic rings. The third-order valence-corrected chi connectivity index (χ3v) is 6.60. The van der Waals surface area contributed by atoms with E-state index in [0.717, 1.165) is 44.1 Å². The highest BCUT2D eigenvalue weighted by Gasteiger charge is 2.58. The zero-order valence-electron chi connectivity index (χ0n) is 16.0. The van der Waals surface area contributed by atoms with Crippen LogP contribution in [-0.4, -0.2) is 45.4 Å². The van der Waals surface area contributed by atoms with Gasteiger partial charge in [-0.25, -0.2) is 9.28 Å². The average molecular weight is 390 g/mol. The maximum Gasteiger partial charge on any atom is 0.382 e. The summed E-state index contributed by atoms with van der Waals surface area (Å²) in [6.07, 6.45) is 9.61. The molecule has 0 bridgehead atoms. The number of pyridine rings is 1. The minimum absolute atomic E-state index is 0.0618. The van der Waals surface area contributed by atoms with E-state index in [9.17, 15) is 14.4 Å². The lowest BCUT2D eigenvalue weighted by molar-refractivity contribution is -0.854. The maximum absolute atomic E-state index is 13.5. The van der Waals surface area contributed by atoms with E-state index in [1.54, 1.807) is 12.4 Å². The van der Waals surface area contributed by atoms with Crippen molar-refractivity contribution in [2.75, 3.05) is 13.1 Å². The average Bonchev–Trinajstić information content (AvgIpc) is 3.09. The van der Waals surface area contributed by atoms with Gasteiger partial charge in [-0.3, -0.25) is 14.6 Å². The second-order valence-electron chi connectivity index (χ2n) is 7.95. The molecule has 146 valence electrons. The largest absolute Gasteiger partial charge is 0.382 e. The van der Waals surface area contributed by atoms with Gasteiger partial charge in [0.2, 0.25) is 5.12 Å². The lowest BCUT2D eigenvalue weighted by Gasteiger charge is -2.37. The minimum Gasteiger partial charge on any atom is -0.284 e. The maximum atomic E-state index is 13.5. The highest BCUT2D eigenvalue weighted by Crippen LogP contribution is 2.41. The molecule has 3 atom stereocenters. The van der Waals surface area contributed by atoms with E-state index in [0.29, 0.717) is 19.5 Å². The van der Waals surface area contributed by atoms with Crippen LogP contribution in [0.3, 0.4) is 0 Å². The molecule has 1 amide bonds. The van der Waals surface area contributed by atoms with E-state index >= 15 is 0 Å². The quantitative estimate of drug-likeness (QED) is 0.461. The lowest BCUT2D eigenvalue weighted by atomic mass is 9.85. The van der Waals surface area contributed by atoms with Crippen molar-refractivity contribution in [3.8, 4) is 0 Å². The first-order chi connectivity index (χ1) is 13.0. The van der Waals surface area contributed by atoms with Crippen LogP contribution in [0.15, 0.2) is 24.5 Å². The molecule has 2 aliphatic rings. The first-order valence-corrected chi connectivity index (χ1v) is 10.5. The molecular weight excluding hydrogens is 360 g/mol. The first-order valence-electron chi connectivity index (χ1n) is 10.1. The van der Waals surface area contributed by atoms with Crippen molar-refractivity contribution >= 4 is 29.4 Å². The number of hydrogen-bond acceptors (Lipinski definition) is 4. The SMILES string of the molecule is CCC[N+]1(C(=O)C(=O)C2CCCCC2)CCC(c2cccnc2)[C@H]1C(=O)S. The summed E-state index contributed by atoms with van der Waals surface area (Å²) in [5, 5.41) is -0.306. The van der Waals surface area contributed by atoms with Crippen molar-refractivity contribution in [2.45, 2.75) is 63.8 Å². The number of amides is 1. The van der Waals surface area contributed by atoms with Gasteiger partial charge in [0.1, 0.15) is 0 Å². The number of quaternary nitrogens is 1. The highest BCUT2D eigenvalue weighted by atomic mass is 32.1. The molecule has 1 aromatic heterocycles. The predicted molar refractivity (Wildman–Crippen MR) is 106 cm³/mol. The monoisotopic (exact) mass is 389 g/mol. The number of hydrogen-bond donors (Lipinski definition) is 1. The van der Waals surface area contributed by atoms with Crippen molar-refractivity contribution in [1.29, 1.82) is 0 Å². The second-order valence-corrected chi connectivity index (χ2v) is 8.39.